The van der Waals surface area contributed by atoms with Crippen molar-refractivity contribution in [2.75, 3.05) is 52.9 Å². The molecule has 1 aliphatic carbocycles. The molecule has 0 aromatic heterocycles. The quantitative estimate of drug-likeness (QED) is 0.713. The number of likely N-dealkylation sites (N-methyl/N-ethyl adjacent to an activating group) is 1. The molecule has 1 aromatic carbocycles. The molecular weight excluding hydrogens is 362 g/mol. The van der Waals surface area contributed by atoms with Crippen LogP contribution < -0.4 is 4.74 Å². The molecule has 1 aromatic rings. The van der Waals surface area contributed by atoms with Gasteiger partial charge in [0.15, 0.2) is 0 Å². The lowest BCUT2D eigenvalue weighted by Crippen LogP contribution is -2.51. The van der Waals surface area contributed by atoms with Crippen LogP contribution in [0.1, 0.15) is 32.1 Å². The Morgan fingerprint density at radius 3 is 2.48 bits per heavy atom. The number of hydrogen-bond acceptors (Lipinski definition) is 4. The summed E-state index contributed by atoms with van der Waals surface area (Å²) in [5.41, 5.74) is 0. The molecule has 0 N–H and O–H groups in total. The highest BCUT2D eigenvalue weighted by Crippen LogP contribution is 2.23. The maximum absolute atomic E-state index is 12.6. The Hall–Kier alpha value is -1.30. The number of nitrogens with zero attached hydrogens (tertiary/aromatic N) is 3. The number of para-hydroxylation sites is 1. The van der Waals surface area contributed by atoms with Gasteiger partial charge in [-0.15, -0.1) is 0 Å². The molecule has 1 saturated carbocycles. The summed E-state index contributed by atoms with van der Waals surface area (Å²) in [6.07, 6.45) is 6.18. The van der Waals surface area contributed by atoms with E-state index in [4.69, 9.17) is 16.3 Å². The van der Waals surface area contributed by atoms with Crippen LogP contribution in [0.5, 0.6) is 5.75 Å². The smallest absolute Gasteiger partial charge is 0.236 e. The van der Waals surface area contributed by atoms with Crippen molar-refractivity contribution in [1.82, 2.24) is 14.7 Å². The van der Waals surface area contributed by atoms with Crippen LogP contribution in [0, 0.1) is 0 Å². The summed E-state index contributed by atoms with van der Waals surface area (Å²) in [7, 11) is 1.99. The Morgan fingerprint density at radius 2 is 1.78 bits per heavy atom. The molecule has 1 aliphatic heterocycles. The Balaban J connectivity index is 1.33. The van der Waals surface area contributed by atoms with Crippen molar-refractivity contribution in [3.05, 3.63) is 29.3 Å². The zero-order valence-electron chi connectivity index (χ0n) is 16.4. The van der Waals surface area contributed by atoms with E-state index in [1.165, 1.54) is 32.1 Å². The Labute approximate surface area is 168 Å². The summed E-state index contributed by atoms with van der Waals surface area (Å²) >= 11 is 6.11. The third-order valence-electron chi connectivity index (χ3n) is 5.84. The van der Waals surface area contributed by atoms with E-state index in [0.717, 1.165) is 38.5 Å². The summed E-state index contributed by atoms with van der Waals surface area (Å²) in [6, 6.07) is 8.03. The van der Waals surface area contributed by atoms with Crippen molar-refractivity contribution in [3.8, 4) is 5.75 Å². The van der Waals surface area contributed by atoms with Crippen LogP contribution in [-0.2, 0) is 4.79 Å². The van der Waals surface area contributed by atoms with Crippen molar-refractivity contribution in [1.29, 1.82) is 0 Å². The summed E-state index contributed by atoms with van der Waals surface area (Å²) in [5, 5.41) is 0.655. The Bertz CT molecular complexity index is 599. The second kappa shape index (κ2) is 10.3. The van der Waals surface area contributed by atoms with E-state index in [-0.39, 0.29) is 5.91 Å². The molecule has 0 radical (unpaired) electrons. The molecule has 1 heterocycles. The Morgan fingerprint density at radius 1 is 1.11 bits per heavy atom. The van der Waals surface area contributed by atoms with Gasteiger partial charge in [0.1, 0.15) is 12.4 Å². The van der Waals surface area contributed by atoms with Gasteiger partial charge in [-0.05, 0) is 25.0 Å². The van der Waals surface area contributed by atoms with Crippen LogP contribution >= 0.6 is 11.6 Å². The summed E-state index contributed by atoms with van der Waals surface area (Å²) in [5.74, 6) is 1.02. The van der Waals surface area contributed by atoms with Crippen molar-refractivity contribution in [2.24, 2.45) is 0 Å². The van der Waals surface area contributed by atoms with Crippen LogP contribution in [0.2, 0.25) is 5.02 Å². The molecule has 27 heavy (non-hydrogen) atoms. The largest absolute Gasteiger partial charge is 0.491 e. The third-order valence-corrected chi connectivity index (χ3v) is 6.15. The fourth-order valence-corrected chi connectivity index (χ4v) is 4.18. The van der Waals surface area contributed by atoms with Crippen LogP contribution in [0.3, 0.4) is 0 Å². The van der Waals surface area contributed by atoms with Gasteiger partial charge in [0.25, 0.3) is 0 Å². The maximum Gasteiger partial charge on any atom is 0.236 e. The highest BCUT2D eigenvalue weighted by Gasteiger charge is 2.25. The van der Waals surface area contributed by atoms with Crippen molar-refractivity contribution in [2.45, 2.75) is 38.1 Å². The SMILES string of the molecule is CN(C(=O)CN1CCN(CCOc2ccccc2Cl)CC1)C1CCCCC1. The van der Waals surface area contributed by atoms with Crippen LogP contribution in [0.15, 0.2) is 24.3 Å². The minimum absolute atomic E-state index is 0.275. The minimum atomic E-state index is 0.275. The number of benzene rings is 1. The van der Waals surface area contributed by atoms with Crippen molar-refractivity contribution in [3.63, 3.8) is 0 Å². The standard InChI is InChI=1S/C21H32ClN3O2/c1-23(18-7-3-2-4-8-18)21(26)17-25-13-11-24(12-14-25)15-16-27-20-10-6-5-9-19(20)22/h5-6,9-10,18H,2-4,7-8,11-17H2,1H3. The zero-order valence-corrected chi connectivity index (χ0v) is 17.2. The molecule has 0 spiro atoms. The van der Waals surface area contributed by atoms with E-state index >= 15 is 0 Å². The van der Waals surface area contributed by atoms with Gasteiger partial charge in [-0.3, -0.25) is 14.6 Å². The van der Waals surface area contributed by atoms with E-state index in [1.807, 2.05) is 36.2 Å². The fourth-order valence-electron chi connectivity index (χ4n) is 3.99. The van der Waals surface area contributed by atoms with Gasteiger partial charge in [-0.25, -0.2) is 0 Å². The van der Waals surface area contributed by atoms with E-state index in [9.17, 15) is 4.79 Å². The number of piperazine rings is 1. The number of halogens is 1. The second-order valence-electron chi connectivity index (χ2n) is 7.69. The van der Waals surface area contributed by atoms with Gasteiger partial charge in [0.2, 0.25) is 5.91 Å². The fraction of sp³-hybridized carbons (Fsp3) is 0.667. The lowest BCUT2D eigenvalue weighted by Gasteiger charge is -2.36. The first-order valence-electron chi connectivity index (χ1n) is 10.2. The zero-order chi connectivity index (χ0) is 19.1. The molecule has 150 valence electrons. The third kappa shape index (κ3) is 6.09. The molecule has 2 aliphatic rings. The molecule has 0 atom stereocenters. The second-order valence-corrected chi connectivity index (χ2v) is 8.10. The number of rotatable bonds is 7. The first-order valence-corrected chi connectivity index (χ1v) is 10.6. The van der Waals surface area contributed by atoms with E-state index in [0.29, 0.717) is 24.2 Å². The van der Waals surface area contributed by atoms with Gasteiger partial charge in [-0.2, -0.15) is 0 Å². The molecule has 1 saturated heterocycles. The predicted molar refractivity (Wildman–Crippen MR) is 109 cm³/mol. The lowest BCUT2D eigenvalue weighted by molar-refractivity contribution is -0.134. The van der Waals surface area contributed by atoms with Crippen molar-refractivity contribution < 1.29 is 9.53 Å². The number of carbonyl (C=O) groups excluding carboxylic acids is 1. The average Bonchev–Trinajstić information content (AvgIpc) is 2.71. The van der Waals surface area contributed by atoms with E-state index < -0.39 is 0 Å². The minimum Gasteiger partial charge on any atom is -0.491 e. The molecule has 2 fully saturated rings. The molecule has 0 unspecified atom stereocenters. The number of hydrogen-bond donors (Lipinski definition) is 0. The summed E-state index contributed by atoms with van der Waals surface area (Å²) < 4.78 is 5.78. The molecule has 1 amide bonds. The first-order chi connectivity index (χ1) is 13.1. The summed E-state index contributed by atoms with van der Waals surface area (Å²) in [6.45, 7) is 5.91. The van der Waals surface area contributed by atoms with E-state index in [1.54, 1.807) is 0 Å². The van der Waals surface area contributed by atoms with Gasteiger partial charge in [0.05, 0.1) is 11.6 Å². The van der Waals surface area contributed by atoms with Crippen molar-refractivity contribution >= 4 is 17.5 Å². The summed E-state index contributed by atoms with van der Waals surface area (Å²) in [4.78, 5) is 19.3. The first kappa shape index (κ1) is 20.4. The normalized spacial score (nSPS) is 19.8. The number of carbonyl (C=O) groups is 1. The van der Waals surface area contributed by atoms with Gasteiger partial charge >= 0.3 is 0 Å². The van der Waals surface area contributed by atoms with Crippen LogP contribution in [0.4, 0.5) is 0 Å². The molecule has 3 rings (SSSR count). The molecule has 5 nitrogen and oxygen atoms in total. The highest BCUT2D eigenvalue weighted by molar-refractivity contribution is 6.32. The topological polar surface area (TPSA) is 36.0 Å². The van der Waals surface area contributed by atoms with E-state index in [2.05, 4.69) is 9.80 Å². The maximum atomic E-state index is 12.6. The molecule has 0 bridgehead atoms. The highest BCUT2D eigenvalue weighted by atomic mass is 35.5. The monoisotopic (exact) mass is 393 g/mol. The van der Waals surface area contributed by atoms with Gasteiger partial charge in [0, 0.05) is 45.8 Å². The van der Waals surface area contributed by atoms with Gasteiger partial charge < -0.3 is 9.64 Å². The van der Waals surface area contributed by atoms with Gasteiger partial charge in [-0.1, -0.05) is 43.0 Å². The number of amides is 1. The molecule has 6 heteroatoms. The Kier molecular flexibility index (Phi) is 7.80. The van der Waals surface area contributed by atoms with Crippen LogP contribution in [-0.4, -0.2) is 79.6 Å². The number of ether oxygens (including phenoxy) is 1. The molecular formula is C21H32ClN3O2. The average molecular weight is 394 g/mol. The predicted octanol–water partition coefficient (Wildman–Crippen LogP) is 3.13. The lowest BCUT2D eigenvalue weighted by atomic mass is 9.94. The van der Waals surface area contributed by atoms with Crippen LogP contribution in [0.25, 0.3) is 0 Å².